The molecule has 3 atom stereocenters. The number of imide groups is 1. The van der Waals surface area contributed by atoms with E-state index in [9.17, 15) is 32.3 Å². The number of alkyl halides is 3. The van der Waals surface area contributed by atoms with Crippen LogP contribution < -0.4 is 14.5 Å². The van der Waals surface area contributed by atoms with Crippen molar-refractivity contribution in [3.8, 4) is 5.75 Å². The second kappa shape index (κ2) is 11.1. The van der Waals surface area contributed by atoms with Gasteiger partial charge in [-0.15, -0.1) is 0 Å². The summed E-state index contributed by atoms with van der Waals surface area (Å²) in [5.74, 6) is -3.75. The van der Waals surface area contributed by atoms with Crippen LogP contribution in [0.1, 0.15) is 41.2 Å². The first kappa shape index (κ1) is 28.8. The van der Waals surface area contributed by atoms with Crippen LogP contribution in [-0.4, -0.2) is 52.6 Å². The number of amides is 3. The number of fused-ring (bicyclic) bond motifs is 2. The van der Waals surface area contributed by atoms with Gasteiger partial charge in [0.05, 0.1) is 22.2 Å². The Kier molecular flexibility index (Phi) is 7.60. The van der Waals surface area contributed by atoms with E-state index in [1.807, 2.05) is 0 Å². The summed E-state index contributed by atoms with van der Waals surface area (Å²) < 4.78 is 47.7. The van der Waals surface area contributed by atoms with Crippen molar-refractivity contribution < 1.29 is 32.3 Å². The molecule has 2 unspecified atom stereocenters. The van der Waals surface area contributed by atoms with E-state index < -0.39 is 51.2 Å². The Hall–Kier alpha value is -3.29. The Bertz CT molecular complexity index is 1640. The third kappa shape index (κ3) is 5.11. The molecule has 8 nitrogen and oxygen atoms in total. The van der Waals surface area contributed by atoms with Gasteiger partial charge in [-0.1, -0.05) is 46.8 Å². The van der Waals surface area contributed by atoms with Crippen molar-refractivity contribution in [3.05, 3.63) is 73.2 Å². The van der Waals surface area contributed by atoms with Crippen LogP contribution >= 0.6 is 34.7 Å². The summed E-state index contributed by atoms with van der Waals surface area (Å²) in [7, 11) is 0. The number of halogens is 4. The van der Waals surface area contributed by atoms with Crippen molar-refractivity contribution in [1.82, 2.24) is 9.88 Å². The number of piperidine rings is 1. The van der Waals surface area contributed by atoms with Crippen LogP contribution in [0.15, 0.2) is 52.3 Å². The number of rotatable bonds is 5. The van der Waals surface area contributed by atoms with Gasteiger partial charge in [-0.05, 0) is 49.6 Å². The van der Waals surface area contributed by atoms with Gasteiger partial charge in [0.15, 0.2) is 6.61 Å². The second-order valence-electron chi connectivity index (χ2n) is 10.2. The number of H-pyrrole nitrogens is 1. The normalized spacial score (nSPS) is 22.2. The number of thioether (sulfide) groups is 1. The van der Waals surface area contributed by atoms with Crippen molar-refractivity contribution in [2.45, 2.75) is 41.6 Å². The molecule has 0 bridgehead atoms. The lowest BCUT2D eigenvalue weighted by Gasteiger charge is -2.31. The molecule has 3 amide bonds. The summed E-state index contributed by atoms with van der Waals surface area (Å²) in [6, 6.07) is 9.06. The van der Waals surface area contributed by atoms with Gasteiger partial charge in [0.2, 0.25) is 11.8 Å². The number of para-hydroxylation sites is 1. The summed E-state index contributed by atoms with van der Waals surface area (Å²) >= 11 is 8.16. The van der Waals surface area contributed by atoms with Crippen molar-refractivity contribution >= 4 is 58.1 Å². The molecule has 0 spiro atoms. The molecule has 3 aromatic rings. The van der Waals surface area contributed by atoms with Gasteiger partial charge >= 0.3 is 11.0 Å². The monoisotopic (exact) mass is 637 g/mol. The number of thiazole rings is 1. The molecular formula is C28H23ClF3N3O5S2. The van der Waals surface area contributed by atoms with Crippen LogP contribution in [0.3, 0.4) is 0 Å². The lowest BCUT2D eigenvalue weighted by atomic mass is 9.82. The molecule has 6 rings (SSSR count). The van der Waals surface area contributed by atoms with E-state index in [2.05, 4.69) is 4.98 Å². The topological polar surface area (TPSA) is 99.8 Å². The Morgan fingerprint density at radius 1 is 1.05 bits per heavy atom. The highest BCUT2D eigenvalue weighted by Gasteiger charge is 2.57. The van der Waals surface area contributed by atoms with Crippen molar-refractivity contribution in [3.63, 3.8) is 0 Å². The van der Waals surface area contributed by atoms with E-state index in [1.165, 1.54) is 18.2 Å². The number of likely N-dealkylation sites (tertiary alicyclic amines) is 1. The van der Waals surface area contributed by atoms with Crippen LogP contribution in [0, 0.1) is 5.92 Å². The second-order valence-corrected chi connectivity index (χ2v) is 12.8. The Labute approximate surface area is 250 Å². The minimum atomic E-state index is -4.81. The predicted octanol–water partition coefficient (Wildman–Crippen LogP) is 5.30. The quantitative estimate of drug-likeness (QED) is 0.382. The zero-order valence-corrected chi connectivity index (χ0v) is 24.2. The Morgan fingerprint density at radius 2 is 1.79 bits per heavy atom. The summed E-state index contributed by atoms with van der Waals surface area (Å²) in [5.41, 5.74) is -1.31. The van der Waals surface area contributed by atoms with Crippen LogP contribution in [-0.2, 0) is 20.6 Å². The molecule has 2 fully saturated rings. The highest BCUT2D eigenvalue weighted by Crippen LogP contribution is 2.55. The number of carbonyl (C=O) groups is 3. The molecule has 2 saturated heterocycles. The van der Waals surface area contributed by atoms with E-state index >= 15 is 0 Å². The zero-order valence-electron chi connectivity index (χ0n) is 21.8. The van der Waals surface area contributed by atoms with Gasteiger partial charge < -0.3 is 14.6 Å². The van der Waals surface area contributed by atoms with Gasteiger partial charge in [0.1, 0.15) is 11.0 Å². The lowest BCUT2D eigenvalue weighted by Crippen LogP contribution is -2.38. The molecule has 1 aromatic heterocycles. The first-order chi connectivity index (χ1) is 20.0. The number of nitrogens with zero attached hydrogens (tertiary/aromatic N) is 2. The largest absolute Gasteiger partial charge is 0.483 e. The minimum Gasteiger partial charge on any atom is -0.483 e. The minimum absolute atomic E-state index is 0.207. The standard InChI is InChI=1S/C28H23ClF3N3O5S2/c29-14-8-9-18(40-13-19(36)34-10-4-1-5-11-34)15(12-14)20-21-23(41-24-22(20)42-27(39)33-24)26(38)35(25(21)37)17-7-3-2-6-16(17)28(30,31)32/h2-3,6-9,12,20-21,23H,1,4-5,10-11,13H2,(H,33,39)/t20-,21?,23?/m1/s1. The lowest BCUT2D eigenvalue weighted by molar-refractivity contribution is -0.137. The van der Waals surface area contributed by atoms with Gasteiger partial charge in [-0.2, -0.15) is 13.2 Å². The van der Waals surface area contributed by atoms with Crippen LogP contribution in [0.5, 0.6) is 5.75 Å². The molecular weight excluding hydrogens is 615 g/mol. The molecule has 0 aliphatic carbocycles. The van der Waals surface area contributed by atoms with E-state index in [0.717, 1.165) is 54.5 Å². The number of anilines is 1. The van der Waals surface area contributed by atoms with Crippen LogP contribution in [0.4, 0.5) is 18.9 Å². The van der Waals surface area contributed by atoms with Crippen molar-refractivity contribution in [2.24, 2.45) is 5.92 Å². The number of aromatic nitrogens is 1. The average molecular weight is 638 g/mol. The van der Waals surface area contributed by atoms with Crippen molar-refractivity contribution in [1.29, 1.82) is 0 Å². The molecule has 3 aliphatic heterocycles. The Morgan fingerprint density at radius 3 is 2.52 bits per heavy atom. The third-order valence-corrected chi connectivity index (χ3v) is 10.3. The maximum Gasteiger partial charge on any atom is 0.418 e. The van der Waals surface area contributed by atoms with Crippen molar-refractivity contribution in [2.75, 3.05) is 24.6 Å². The number of hydrogen-bond acceptors (Lipinski definition) is 7. The number of hydrogen-bond donors (Lipinski definition) is 1. The van der Waals surface area contributed by atoms with E-state index in [4.69, 9.17) is 16.3 Å². The number of benzene rings is 2. The summed E-state index contributed by atoms with van der Waals surface area (Å²) in [6.45, 7) is 0.982. The van der Waals surface area contributed by atoms with Crippen LogP contribution in [0.2, 0.25) is 5.02 Å². The molecule has 14 heteroatoms. The van der Waals surface area contributed by atoms with Crippen LogP contribution in [0.25, 0.3) is 0 Å². The summed E-state index contributed by atoms with van der Waals surface area (Å²) in [6.07, 6.45) is -1.95. The highest BCUT2D eigenvalue weighted by atomic mass is 35.5. The maximum atomic E-state index is 14.0. The van der Waals surface area contributed by atoms with Gasteiger partial charge in [0, 0.05) is 34.5 Å². The number of carbonyl (C=O) groups excluding carboxylic acids is 3. The maximum absolute atomic E-state index is 14.0. The first-order valence-electron chi connectivity index (χ1n) is 13.2. The zero-order chi connectivity index (χ0) is 29.8. The predicted molar refractivity (Wildman–Crippen MR) is 151 cm³/mol. The Balaban J connectivity index is 1.41. The van der Waals surface area contributed by atoms with E-state index in [1.54, 1.807) is 17.0 Å². The summed E-state index contributed by atoms with van der Waals surface area (Å²) in [4.78, 5) is 58.0. The van der Waals surface area contributed by atoms with Gasteiger partial charge in [0.25, 0.3) is 5.91 Å². The molecule has 2 aromatic carbocycles. The number of aromatic amines is 1. The summed E-state index contributed by atoms with van der Waals surface area (Å²) in [5, 5.41) is -0.503. The fourth-order valence-corrected chi connectivity index (χ4v) is 8.45. The fraction of sp³-hybridized carbons (Fsp3) is 0.357. The first-order valence-corrected chi connectivity index (χ1v) is 15.3. The number of nitrogens with one attached hydrogen (secondary N) is 1. The smallest absolute Gasteiger partial charge is 0.418 e. The molecule has 220 valence electrons. The molecule has 4 heterocycles. The van der Waals surface area contributed by atoms with E-state index in [-0.39, 0.29) is 23.3 Å². The SMILES string of the molecule is O=C(COc1ccc(Cl)cc1[C@H]1c2sc(=O)[nH]c2SC2C(=O)N(c3ccccc3C(F)(F)F)C(=O)C21)N1CCCCC1. The third-order valence-electron chi connectivity index (χ3n) is 7.64. The molecule has 1 N–H and O–H groups in total. The van der Waals surface area contributed by atoms with E-state index in [0.29, 0.717) is 33.5 Å². The molecule has 0 radical (unpaired) electrons. The van der Waals surface area contributed by atoms with Gasteiger partial charge in [-0.25, -0.2) is 4.90 Å². The molecule has 0 saturated carbocycles. The average Bonchev–Trinajstić information content (AvgIpc) is 3.46. The molecule has 42 heavy (non-hydrogen) atoms. The van der Waals surface area contributed by atoms with Gasteiger partial charge in [-0.3, -0.25) is 19.2 Å². The molecule has 3 aliphatic rings. The number of ether oxygens (including phenoxy) is 1. The fourth-order valence-electron chi connectivity index (χ4n) is 5.77. The highest BCUT2D eigenvalue weighted by molar-refractivity contribution is 8.00.